The Kier molecular flexibility index (Phi) is 6.96. The number of phenols is 2. The number of carbonyl (C=O) groups is 2. The first kappa shape index (κ1) is 21.7. The summed E-state index contributed by atoms with van der Waals surface area (Å²) in [5.41, 5.74) is 1.30. The van der Waals surface area contributed by atoms with Crippen LogP contribution >= 0.6 is 24.0 Å². The predicted molar refractivity (Wildman–Crippen MR) is 121 cm³/mol. The van der Waals surface area contributed by atoms with Crippen LogP contribution in [0.15, 0.2) is 47.4 Å². The molecular weight excluding hydrogens is 424 g/mol. The molecule has 0 saturated carbocycles. The molecule has 0 radical (unpaired) electrons. The highest BCUT2D eigenvalue weighted by atomic mass is 32.2. The fourth-order valence-electron chi connectivity index (χ4n) is 2.79. The average Bonchev–Trinajstić information content (AvgIpc) is 2.98. The maximum Gasteiger partial charge on any atom is 0.266 e. The third-order valence-electron chi connectivity index (χ3n) is 4.31. The van der Waals surface area contributed by atoms with Crippen molar-refractivity contribution in [1.82, 2.24) is 4.90 Å². The van der Waals surface area contributed by atoms with E-state index in [1.807, 2.05) is 0 Å². The fraction of sp³-hybridized carbons (Fsp3) is 0.190. The molecule has 1 saturated heterocycles. The maximum atomic E-state index is 12.7. The number of hydrogen-bond donors (Lipinski definition) is 3. The van der Waals surface area contributed by atoms with Crippen molar-refractivity contribution < 1.29 is 24.5 Å². The molecule has 2 aromatic rings. The predicted octanol–water partition coefficient (Wildman–Crippen LogP) is 3.73. The molecule has 0 spiro atoms. The van der Waals surface area contributed by atoms with Gasteiger partial charge in [-0.1, -0.05) is 30.0 Å². The van der Waals surface area contributed by atoms with Crippen LogP contribution in [0.4, 0.5) is 5.69 Å². The van der Waals surface area contributed by atoms with Gasteiger partial charge < -0.3 is 20.3 Å². The molecule has 7 nitrogen and oxygen atoms in total. The third-order valence-corrected chi connectivity index (χ3v) is 5.69. The molecule has 2 amide bonds. The SMILES string of the molecule is COc1cc(/C=C2\SC(=S)N(CCCC(=O)Nc3ccc(O)cc3)C2=O)ccc1O. The molecule has 0 atom stereocenters. The van der Waals surface area contributed by atoms with Gasteiger partial charge in [0, 0.05) is 18.7 Å². The summed E-state index contributed by atoms with van der Waals surface area (Å²) in [6, 6.07) is 11.0. The fourth-order valence-corrected chi connectivity index (χ4v) is 4.10. The van der Waals surface area contributed by atoms with E-state index in [1.165, 1.54) is 42.0 Å². The molecule has 0 aliphatic carbocycles. The van der Waals surface area contributed by atoms with Crippen molar-refractivity contribution in [2.45, 2.75) is 12.8 Å². The van der Waals surface area contributed by atoms with Crippen LogP contribution in [0.5, 0.6) is 17.2 Å². The minimum Gasteiger partial charge on any atom is -0.508 e. The lowest BCUT2D eigenvalue weighted by Gasteiger charge is -2.14. The molecule has 1 aliphatic heterocycles. The monoisotopic (exact) mass is 444 g/mol. The van der Waals surface area contributed by atoms with Gasteiger partial charge in [0.2, 0.25) is 5.91 Å². The standard InChI is InChI=1S/C21H20N2O5S2/c1-28-17-11-13(4-9-16(17)25)12-18-20(27)23(21(29)30-18)10-2-3-19(26)22-14-5-7-15(24)8-6-14/h4-9,11-12,24-25H,2-3,10H2,1H3,(H,22,26)/b18-12-. The normalized spacial score (nSPS) is 15.0. The van der Waals surface area contributed by atoms with Crippen molar-refractivity contribution in [2.75, 3.05) is 19.0 Å². The first-order valence-corrected chi connectivity index (χ1v) is 10.3. The molecule has 1 fully saturated rings. The molecular formula is C21H20N2O5S2. The van der Waals surface area contributed by atoms with E-state index in [9.17, 15) is 19.8 Å². The molecule has 1 heterocycles. The number of nitrogens with one attached hydrogen (secondary N) is 1. The Balaban J connectivity index is 1.56. The Hall–Kier alpha value is -3.04. The number of hydrogen-bond acceptors (Lipinski definition) is 7. The van der Waals surface area contributed by atoms with E-state index in [2.05, 4.69) is 5.32 Å². The van der Waals surface area contributed by atoms with Crippen LogP contribution in [0.3, 0.4) is 0 Å². The van der Waals surface area contributed by atoms with Gasteiger partial charge in [-0.25, -0.2) is 0 Å². The number of anilines is 1. The van der Waals surface area contributed by atoms with Crippen LogP contribution in [0.1, 0.15) is 18.4 Å². The first-order valence-electron chi connectivity index (χ1n) is 9.08. The quantitative estimate of drug-likeness (QED) is 0.340. The van der Waals surface area contributed by atoms with Crippen LogP contribution in [0.25, 0.3) is 6.08 Å². The van der Waals surface area contributed by atoms with Crippen LogP contribution in [-0.4, -0.2) is 44.9 Å². The van der Waals surface area contributed by atoms with Crippen molar-refractivity contribution in [2.24, 2.45) is 0 Å². The Morgan fingerprint density at radius 3 is 2.67 bits per heavy atom. The molecule has 9 heteroatoms. The van der Waals surface area contributed by atoms with E-state index < -0.39 is 0 Å². The number of carbonyl (C=O) groups excluding carboxylic acids is 2. The molecule has 3 rings (SSSR count). The van der Waals surface area contributed by atoms with Crippen molar-refractivity contribution in [1.29, 1.82) is 0 Å². The molecule has 0 bridgehead atoms. The summed E-state index contributed by atoms with van der Waals surface area (Å²) in [6.07, 6.45) is 2.38. The van der Waals surface area contributed by atoms with Crippen molar-refractivity contribution in [3.8, 4) is 17.2 Å². The van der Waals surface area contributed by atoms with Gasteiger partial charge in [0.1, 0.15) is 10.1 Å². The molecule has 30 heavy (non-hydrogen) atoms. The summed E-state index contributed by atoms with van der Waals surface area (Å²) in [5, 5.41) is 21.7. The summed E-state index contributed by atoms with van der Waals surface area (Å²) in [6.45, 7) is 0.337. The van der Waals surface area contributed by atoms with Gasteiger partial charge in [-0.15, -0.1) is 0 Å². The Morgan fingerprint density at radius 1 is 1.23 bits per heavy atom. The van der Waals surface area contributed by atoms with E-state index in [1.54, 1.807) is 30.3 Å². The lowest BCUT2D eigenvalue weighted by molar-refractivity contribution is -0.122. The van der Waals surface area contributed by atoms with Gasteiger partial charge in [0.15, 0.2) is 11.5 Å². The number of amides is 2. The minimum atomic E-state index is -0.212. The number of thioether (sulfide) groups is 1. The molecule has 1 aliphatic rings. The van der Waals surface area contributed by atoms with Gasteiger partial charge in [0.25, 0.3) is 5.91 Å². The zero-order valence-electron chi connectivity index (χ0n) is 16.1. The van der Waals surface area contributed by atoms with E-state index in [-0.39, 0.29) is 29.7 Å². The van der Waals surface area contributed by atoms with E-state index >= 15 is 0 Å². The highest BCUT2D eigenvalue weighted by Crippen LogP contribution is 2.34. The number of rotatable bonds is 7. The topological polar surface area (TPSA) is 99.1 Å². The summed E-state index contributed by atoms with van der Waals surface area (Å²) < 4.78 is 5.53. The highest BCUT2D eigenvalue weighted by Gasteiger charge is 2.31. The third kappa shape index (κ3) is 5.31. The van der Waals surface area contributed by atoms with Crippen molar-refractivity contribution in [3.63, 3.8) is 0 Å². The van der Waals surface area contributed by atoms with Gasteiger partial charge in [-0.2, -0.15) is 0 Å². The second-order valence-electron chi connectivity index (χ2n) is 6.46. The van der Waals surface area contributed by atoms with Gasteiger partial charge >= 0.3 is 0 Å². The van der Waals surface area contributed by atoms with E-state index in [4.69, 9.17) is 17.0 Å². The smallest absolute Gasteiger partial charge is 0.266 e. The van der Waals surface area contributed by atoms with Crippen LogP contribution in [-0.2, 0) is 9.59 Å². The lowest BCUT2D eigenvalue weighted by Crippen LogP contribution is -2.29. The number of nitrogens with zero attached hydrogens (tertiary/aromatic N) is 1. The summed E-state index contributed by atoms with van der Waals surface area (Å²) in [7, 11) is 1.45. The van der Waals surface area contributed by atoms with Crippen LogP contribution < -0.4 is 10.1 Å². The van der Waals surface area contributed by atoms with Gasteiger partial charge in [-0.3, -0.25) is 14.5 Å². The molecule has 0 aromatic heterocycles. The number of thiocarbonyl (C=S) groups is 1. The number of benzene rings is 2. The zero-order chi connectivity index (χ0) is 21.7. The van der Waals surface area contributed by atoms with Crippen molar-refractivity contribution in [3.05, 3.63) is 52.9 Å². The Labute approximate surface area is 183 Å². The summed E-state index contributed by atoms with van der Waals surface area (Å²) >= 11 is 6.51. The number of ether oxygens (including phenoxy) is 1. The number of phenolic OH excluding ortho intramolecular Hbond substituents is 2. The number of aromatic hydroxyl groups is 2. The Morgan fingerprint density at radius 2 is 1.97 bits per heavy atom. The molecule has 3 N–H and O–H groups in total. The lowest BCUT2D eigenvalue weighted by atomic mass is 10.2. The molecule has 2 aromatic carbocycles. The van der Waals surface area contributed by atoms with E-state index in [0.29, 0.717) is 39.2 Å². The van der Waals surface area contributed by atoms with Crippen LogP contribution in [0, 0.1) is 0 Å². The van der Waals surface area contributed by atoms with Gasteiger partial charge in [0.05, 0.1) is 12.0 Å². The van der Waals surface area contributed by atoms with E-state index in [0.717, 1.165) is 0 Å². The zero-order valence-corrected chi connectivity index (χ0v) is 17.8. The minimum absolute atomic E-state index is 0.0211. The molecule has 0 unspecified atom stereocenters. The number of methoxy groups -OCH3 is 1. The first-order chi connectivity index (χ1) is 14.4. The second-order valence-corrected chi connectivity index (χ2v) is 8.14. The summed E-state index contributed by atoms with van der Waals surface area (Å²) in [5.74, 6) is 0.0710. The highest BCUT2D eigenvalue weighted by molar-refractivity contribution is 8.26. The maximum absolute atomic E-state index is 12.7. The largest absolute Gasteiger partial charge is 0.508 e. The van der Waals surface area contributed by atoms with Crippen LogP contribution in [0.2, 0.25) is 0 Å². The average molecular weight is 445 g/mol. The van der Waals surface area contributed by atoms with Gasteiger partial charge in [-0.05, 0) is 54.5 Å². The summed E-state index contributed by atoms with van der Waals surface area (Å²) in [4.78, 5) is 26.7. The van der Waals surface area contributed by atoms with Crippen molar-refractivity contribution >= 4 is 51.9 Å². The Bertz CT molecular complexity index is 1000. The molecule has 156 valence electrons. The second kappa shape index (κ2) is 9.64.